The van der Waals surface area contributed by atoms with Gasteiger partial charge >= 0.3 is 0 Å². The SMILES string of the molecule is C=C1/C(=C/C=C2\C[C@H](OC)C[C@]3(C)[C@@H]([C@H](C)CCCC(C)(C)O)CC[C@@H]23)C[C@@H](O)C[C@@H]1O. The Bertz CT molecular complexity index is 730. The zero-order chi connectivity index (χ0) is 23.7. The van der Waals surface area contributed by atoms with Crippen LogP contribution in [0.2, 0.25) is 0 Å². The smallest absolute Gasteiger partial charge is 0.0811 e. The molecule has 4 nitrogen and oxygen atoms in total. The number of allylic oxidation sites excluding steroid dienone is 2. The number of hydrogen-bond donors (Lipinski definition) is 3. The number of rotatable bonds is 7. The minimum absolute atomic E-state index is 0.222. The van der Waals surface area contributed by atoms with Gasteiger partial charge in [0.15, 0.2) is 0 Å². The van der Waals surface area contributed by atoms with Gasteiger partial charge in [0.1, 0.15) is 0 Å². The highest BCUT2D eigenvalue weighted by Crippen LogP contribution is 2.60. The Balaban J connectivity index is 1.78. The Kier molecular flexibility index (Phi) is 8.13. The van der Waals surface area contributed by atoms with Gasteiger partial charge in [-0.25, -0.2) is 0 Å². The fourth-order valence-corrected chi connectivity index (χ4v) is 6.94. The highest BCUT2D eigenvalue weighted by atomic mass is 16.5. The second-order valence-electron chi connectivity index (χ2n) is 11.8. The molecule has 0 aliphatic heterocycles. The zero-order valence-electron chi connectivity index (χ0n) is 20.9. The average Bonchev–Trinajstić information content (AvgIpc) is 3.05. The van der Waals surface area contributed by atoms with Gasteiger partial charge in [-0.15, -0.1) is 0 Å². The molecular formula is C28H46O4. The van der Waals surface area contributed by atoms with Gasteiger partial charge in [-0.05, 0) is 86.7 Å². The number of methoxy groups -OCH3 is 1. The van der Waals surface area contributed by atoms with E-state index in [2.05, 4.69) is 32.6 Å². The number of aliphatic hydroxyl groups excluding tert-OH is 2. The highest BCUT2D eigenvalue weighted by Gasteiger charge is 2.52. The van der Waals surface area contributed by atoms with Gasteiger partial charge < -0.3 is 20.1 Å². The van der Waals surface area contributed by atoms with Crippen molar-refractivity contribution < 1.29 is 20.1 Å². The van der Waals surface area contributed by atoms with Crippen LogP contribution in [0.25, 0.3) is 0 Å². The molecule has 32 heavy (non-hydrogen) atoms. The van der Waals surface area contributed by atoms with E-state index in [1.165, 1.54) is 18.4 Å². The molecule has 3 fully saturated rings. The molecule has 0 saturated heterocycles. The molecule has 3 N–H and O–H groups in total. The highest BCUT2D eigenvalue weighted by molar-refractivity contribution is 5.39. The lowest BCUT2D eigenvalue weighted by molar-refractivity contribution is -0.00820. The second-order valence-corrected chi connectivity index (χ2v) is 11.8. The van der Waals surface area contributed by atoms with Gasteiger partial charge in [0.05, 0.1) is 23.9 Å². The number of ether oxygens (including phenoxy) is 1. The zero-order valence-corrected chi connectivity index (χ0v) is 20.9. The molecule has 0 aromatic carbocycles. The summed E-state index contributed by atoms with van der Waals surface area (Å²) < 4.78 is 5.90. The van der Waals surface area contributed by atoms with Crippen LogP contribution < -0.4 is 0 Å². The largest absolute Gasteiger partial charge is 0.393 e. The topological polar surface area (TPSA) is 69.9 Å². The quantitative estimate of drug-likeness (QED) is 0.494. The van der Waals surface area contributed by atoms with Crippen LogP contribution in [-0.4, -0.2) is 46.3 Å². The average molecular weight is 447 g/mol. The molecule has 0 bridgehead atoms. The fraction of sp³-hybridized carbons (Fsp3) is 0.786. The normalized spacial score (nSPS) is 39.5. The summed E-state index contributed by atoms with van der Waals surface area (Å²) in [5.41, 5.74) is 2.81. The molecule has 3 rings (SSSR count). The van der Waals surface area contributed by atoms with Gasteiger partial charge in [-0.3, -0.25) is 0 Å². The van der Waals surface area contributed by atoms with Gasteiger partial charge in [0.2, 0.25) is 0 Å². The maximum Gasteiger partial charge on any atom is 0.0811 e. The van der Waals surface area contributed by atoms with E-state index in [4.69, 9.17) is 4.74 Å². The fourth-order valence-electron chi connectivity index (χ4n) is 6.94. The van der Waals surface area contributed by atoms with Gasteiger partial charge in [-0.2, -0.15) is 0 Å². The van der Waals surface area contributed by atoms with Gasteiger partial charge in [0.25, 0.3) is 0 Å². The van der Waals surface area contributed by atoms with Crippen molar-refractivity contribution in [2.45, 2.75) is 109 Å². The van der Waals surface area contributed by atoms with Crippen LogP contribution in [0, 0.1) is 23.2 Å². The number of aliphatic hydroxyl groups is 3. The van der Waals surface area contributed by atoms with Crippen LogP contribution in [0.3, 0.4) is 0 Å². The van der Waals surface area contributed by atoms with Gasteiger partial charge in [-0.1, -0.05) is 51.0 Å². The first kappa shape index (κ1) is 25.7. The van der Waals surface area contributed by atoms with Crippen LogP contribution >= 0.6 is 0 Å². The molecule has 3 saturated carbocycles. The molecule has 182 valence electrons. The molecule has 3 aliphatic rings. The van der Waals surface area contributed by atoms with Crippen molar-refractivity contribution in [3.8, 4) is 0 Å². The molecule has 3 aliphatic carbocycles. The van der Waals surface area contributed by atoms with Crippen molar-refractivity contribution >= 4 is 0 Å². The predicted octanol–water partition coefficient (Wildman–Crippen LogP) is 5.33. The first-order chi connectivity index (χ1) is 14.9. The van der Waals surface area contributed by atoms with Crippen molar-refractivity contribution in [3.63, 3.8) is 0 Å². The predicted molar refractivity (Wildman–Crippen MR) is 130 cm³/mol. The lowest BCUT2D eigenvalue weighted by Gasteiger charge is -2.47. The van der Waals surface area contributed by atoms with Crippen molar-refractivity contribution in [2.24, 2.45) is 23.2 Å². The number of fused-ring (bicyclic) bond motifs is 1. The monoisotopic (exact) mass is 446 g/mol. The van der Waals surface area contributed by atoms with Crippen LogP contribution in [0.1, 0.15) is 85.5 Å². The van der Waals surface area contributed by atoms with Crippen molar-refractivity contribution in [1.29, 1.82) is 0 Å². The molecule has 0 aromatic rings. The van der Waals surface area contributed by atoms with Gasteiger partial charge in [0, 0.05) is 13.5 Å². The van der Waals surface area contributed by atoms with Crippen LogP contribution in [0.15, 0.2) is 35.5 Å². The van der Waals surface area contributed by atoms with Crippen LogP contribution in [0.5, 0.6) is 0 Å². The third kappa shape index (κ3) is 5.75. The molecule has 0 aromatic heterocycles. The summed E-state index contributed by atoms with van der Waals surface area (Å²) in [5.74, 6) is 1.85. The maximum absolute atomic E-state index is 10.2. The molecule has 0 radical (unpaired) electrons. The summed E-state index contributed by atoms with van der Waals surface area (Å²) in [6.45, 7) is 12.7. The van der Waals surface area contributed by atoms with Crippen molar-refractivity contribution in [3.05, 3.63) is 35.5 Å². The summed E-state index contributed by atoms with van der Waals surface area (Å²) >= 11 is 0. The standard InChI is InChI=1S/C28H46O4/c1-18(8-7-13-27(3,4)31)24-11-12-25-21(15-23(32-6)17-28(24,25)5)10-9-20-14-22(29)16-26(30)19(20)2/h9-10,18,22-26,29-31H,2,7-8,11-17H2,1,3-6H3/b20-9+,21-10+/t18-,22-,23+,24-,25+,26+,28-/m1/s1. The summed E-state index contributed by atoms with van der Waals surface area (Å²) in [7, 11) is 1.83. The Morgan fingerprint density at radius 1 is 1.22 bits per heavy atom. The molecule has 4 heteroatoms. The summed E-state index contributed by atoms with van der Waals surface area (Å²) in [6.07, 6.45) is 12.0. The van der Waals surface area contributed by atoms with Crippen molar-refractivity contribution in [2.75, 3.05) is 7.11 Å². The first-order valence-corrected chi connectivity index (χ1v) is 12.6. The second kappa shape index (κ2) is 10.1. The maximum atomic E-state index is 10.2. The van der Waals surface area contributed by atoms with E-state index in [0.29, 0.717) is 30.6 Å². The lowest BCUT2D eigenvalue weighted by Crippen LogP contribution is -2.41. The van der Waals surface area contributed by atoms with E-state index >= 15 is 0 Å². The molecule has 0 heterocycles. The molecule has 0 amide bonds. The van der Waals surface area contributed by atoms with E-state index in [1.54, 1.807) is 0 Å². The molecule has 0 unspecified atom stereocenters. The van der Waals surface area contributed by atoms with E-state index in [-0.39, 0.29) is 11.5 Å². The van der Waals surface area contributed by atoms with Crippen LogP contribution in [-0.2, 0) is 4.74 Å². The minimum atomic E-state index is -0.646. The summed E-state index contributed by atoms with van der Waals surface area (Å²) in [6, 6.07) is 0. The van der Waals surface area contributed by atoms with E-state index in [9.17, 15) is 15.3 Å². The van der Waals surface area contributed by atoms with E-state index < -0.39 is 17.8 Å². The Labute approximate surface area is 195 Å². The number of hydrogen-bond acceptors (Lipinski definition) is 4. The van der Waals surface area contributed by atoms with Crippen LogP contribution in [0.4, 0.5) is 0 Å². The molecule has 0 spiro atoms. The van der Waals surface area contributed by atoms with Crippen molar-refractivity contribution in [1.82, 2.24) is 0 Å². The minimum Gasteiger partial charge on any atom is -0.393 e. The summed E-state index contributed by atoms with van der Waals surface area (Å²) in [5, 5.41) is 30.4. The first-order valence-electron chi connectivity index (χ1n) is 12.6. The Hall–Kier alpha value is -0.940. The Morgan fingerprint density at radius 3 is 2.59 bits per heavy atom. The molecular weight excluding hydrogens is 400 g/mol. The lowest BCUT2D eigenvalue weighted by atomic mass is 9.60. The third-order valence-electron chi connectivity index (χ3n) is 8.72. The third-order valence-corrected chi connectivity index (χ3v) is 8.72. The summed E-state index contributed by atoms with van der Waals surface area (Å²) in [4.78, 5) is 0. The Morgan fingerprint density at radius 2 is 1.94 bits per heavy atom. The van der Waals surface area contributed by atoms with E-state index in [1.807, 2.05) is 21.0 Å². The van der Waals surface area contributed by atoms with E-state index in [0.717, 1.165) is 43.3 Å². The molecule has 7 atom stereocenters.